The molecule has 0 aliphatic rings. The van der Waals surface area contributed by atoms with E-state index in [4.69, 9.17) is 5.11 Å². The molecule has 0 aliphatic carbocycles. The van der Waals surface area contributed by atoms with Gasteiger partial charge in [0, 0.05) is 26.2 Å². The zero-order valence-electron chi connectivity index (χ0n) is 9.07. The summed E-state index contributed by atoms with van der Waals surface area (Å²) in [5.74, 6) is 0. The van der Waals surface area contributed by atoms with Gasteiger partial charge in [-0.2, -0.15) is 0 Å². The Kier molecular flexibility index (Phi) is 6.84. The number of hydrogen-bond acceptors (Lipinski definition) is 2. The van der Waals surface area contributed by atoms with Gasteiger partial charge in [0.15, 0.2) is 0 Å². The van der Waals surface area contributed by atoms with Gasteiger partial charge in [0.2, 0.25) is 0 Å². The Bertz CT molecular complexity index is 179. The second kappa shape index (κ2) is 7.38. The Morgan fingerprint density at radius 3 is 2.29 bits per heavy atom. The molecular formula is C10H20N2O2. The van der Waals surface area contributed by atoms with Crippen LogP contribution in [0.15, 0.2) is 12.7 Å². The highest BCUT2D eigenvalue weighted by atomic mass is 16.3. The van der Waals surface area contributed by atoms with Crippen molar-refractivity contribution in [3.63, 3.8) is 0 Å². The fourth-order valence-corrected chi connectivity index (χ4v) is 1.24. The molecule has 0 aromatic carbocycles. The lowest BCUT2D eigenvalue weighted by atomic mass is 10.4. The molecule has 0 spiro atoms. The summed E-state index contributed by atoms with van der Waals surface area (Å²) in [7, 11) is 0. The van der Waals surface area contributed by atoms with E-state index >= 15 is 0 Å². The molecule has 0 radical (unpaired) electrons. The number of carbonyl (C=O) groups is 1. The van der Waals surface area contributed by atoms with E-state index in [2.05, 4.69) is 6.58 Å². The first-order valence-electron chi connectivity index (χ1n) is 4.96. The molecule has 0 fully saturated rings. The molecule has 4 nitrogen and oxygen atoms in total. The van der Waals surface area contributed by atoms with Crippen molar-refractivity contribution in [2.24, 2.45) is 0 Å². The van der Waals surface area contributed by atoms with Crippen molar-refractivity contribution < 1.29 is 9.90 Å². The van der Waals surface area contributed by atoms with E-state index in [1.807, 2.05) is 13.8 Å². The number of nitrogens with zero attached hydrogens (tertiary/aromatic N) is 2. The Morgan fingerprint density at radius 1 is 1.36 bits per heavy atom. The van der Waals surface area contributed by atoms with Crippen LogP contribution in [-0.4, -0.2) is 53.7 Å². The van der Waals surface area contributed by atoms with Crippen LogP contribution in [0.1, 0.15) is 13.8 Å². The van der Waals surface area contributed by atoms with Gasteiger partial charge in [-0.25, -0.2) is 4.79 Å². The first-order chi connectivity index (χ1) is 6.71. The molecule has 14 heavy (non-hydrogen) atoms. The predicted octanol–water partition coefficient (Wildman–Crippen LogP) is 0.928. The van der Waals surface area contributed by atoms with Crippen LogP contribution in [0.3, 0.4) is 0 Å². The number of rotatable bonds is 6. The van der Waals surface area contributed by atoms with Gasteiger partial charge >= 0.3 is 6.03 Å². The first-order valence-corrected chi connectivity index (χ1v) is 4.96. The zero-order valence-corrected chi connectivity index (χ0v) is 9.07. The van der Waals surface area contributed by atoms with Gasteiger partial charge in [0.05, 0.1) is 6.61 Å². The van der Waals surface area contributed by atoms with E-state index in [1.54, 1.807) is 15.9 Å². The molecule has 2 amide bonds. The van der Waals surface area contributed by atoms with Gasteiger partial charge in [0.1, 0.15) is 0 Å². The Labute approximate surface area is 85.8 Å². The number of aliphatic hydroxyl groups is 1. The van der Waals surface area contributed by atoms with Gasteiger partial charge in [-0.1, -0.05) is 6.08 Å². The van der Waals surface area contributed by atoms with E-state index in [9.17, 15) is 4.79 Å². The van der Waals surface area contributed by atoms with E-state index in [1.165, 1.54) is 0 Å². The first kappa shape index (κ1) is 13.0. The summed E-state index contributed by atoms with van der Waals surface area (Å²) in [6.45, 7) is 9.67. The Hall–Kier alpha value is -1.03. The fourth-order valence-electron chi connectivity index (χ4n) is 1.24. The largest absolute Gasteiger partial charge is 0.395 e. The van der Waals surface area contributed by atoms with Gasteiger partial charge in [-0.15, -0.1) is 6.58 Å². The molecule has 0 aromatic heterocycles. The Balaban J connectivity index is 4.31. The predicted molar refractivity (Wildman–Crippen MR) is 57.2 cm³/mol. The summed E-state index contributed by atoms with van der Waals surface area (Å²) >= 11 is 0. The Morgan fingerprint density at radius 2 is 1.93 bits per heavy atom. The van der Waals surface area contributed by atoms with Crippen LogP contribution in [0.2, 0.25) is 0 Å². The standard InChI is InChI=1S/C10H20N2O2/c1-4-7-12(8-9-13)10(14)11(5-2)6-3/h4,13H,1,5-9H2,2-3H3. The number of aliphatic hydroxyl groups excluding tert-OH is 1. The molecule has 0 saturated carbocycles. The summed E-state index contributed by atoms with van der Waals surface area (Å²) in [5.41, 5.74) is 0. The summed E-state index contributed by atoms with van der Waals surface area (Å²) < 4.78 is 0. The summed E-state index contributed by atoms with van der Waals surface area (Å²) in [6.07, 6.45) is 1.66. The SMILES string of the molecule is C=CCN(CCO)C(=O)N(CC)CC. The zero-order chi connectivity index (χ0) is 11.0. The average molecular weight is 200 g/mol. The van der Waals surface area contributed by atoms with Crippen LogP contribution < -0.4 is 0 Å². The highest BCUT2D eigenvalue weighted by Gasteiger charge is 2.16. The number of hydrogen-bond donors (Lipinski definition) is 1. The van der Waals surface area contributed by atoms with Crippen molar-refractivity contribution >= 4 is 6.03 Å². The minimum atomic E-state index is -0.0380. The molecule has 0 rings (SSSR count). The molecule has 0 aromatic rings. The van der Waals surface area contributed by atoms with Crippen LogP contribution in [-0.2, 0) is 0 Å². The summed E-state index contributed by atoms with van der Waals surface area (Å²) in [6, 6.07) is -0.0380. The molecule has 0 bridgehead atoms. The lowest BCUT2D eigenvalue weighted by Crippen LogP contribution is -2.44. The highest BCUT2D eigenvalue weighted by Crippen LogP contribution is 1.98. The minimum absolute atomic E-state index is 0.0130. The number of urea groups is 1. The lowest BCUT2D eigenvalue weighted by molar-refractivity contribution is 0.149. The van der Waals surface area contributed by atoms with Crippen LogP contribution >= 0.6 is 0 Å². The fraction of sp³-hybridized carbons (Fsp3) is 0.700. The summed E-state index contributed by atoms with van der Waals surface area (Å²) in [4.78, 5) is 15.1. The molecule has 0 aliphatic heterocycles. The van der Waals surface area contributed by atoms with E-state index in [0.29, 0.717) is 26.2 Å². The monoisotopic (exact) mass is 200 g/mol. The highest BCUT2D eigenvalue weighted by molar-refractivity contribution is 5.74. The number of carbonyl (C=O) groups excluding carboxylic acids is 1. The molecule has 0 heterocycles. The molecule has 0 saturated heterocycles. The van der Waals surface area contributed by atoms with Crippen molar-refractivity contribution in [3.05, 3.63) is 12.7 Å². The maximum atomic E-state index is 11.8. The van der Waals surface area contributed by atoms with Crippen molar-refractivity contribution in [2.75, 3.05) is 32.8 Å². The average Bonchev–Trinajstić information content (AvgIpc) is 2.19. The van der Waals surface area contributed by atoms with Crippen LogP contribution in [0.5, 0.6) is 0 Å². The van der Waals surface area contributed by atoms with Crippen molar-refractivity contribution in [1.29, 1.82) is 0 Å². The van der Waals surface area contributed by atoms with E-state index < -0.39 is 0 Å². The molecule has 82 valence electrons. The maximum Gasteiger partial charge on any atom is 0.320 e. The van der Waals surface area contributed by atoms with Gasteiger partial charge in [-0.05, 0) is 13.8 Å². The lowest BCUT2D eigenvalue weighted by Gasteiger charge is -2.27. The maximum absolute atomic E-state index is 11.8. The topological polar surface area (TPSA) is 43.8 Å². The quantitative estimate of drug-likeness (QED) is 0.648. The van der Waals surface area contributed by atoms with Crippen molar-refractivity contribution in [2.45, 2.75) is 13.8 Å². The van der Waals surface area contributed by atoms with E-state index in [0.717, 1.165) is 0 Å². The molecule has 0 unspecified atom stereocenters. The third-order valence-corrected chi connectivity index (χ3v) is 2.02. The van der Waals surface area contributed by atoms with Crippen molar-refractivity contribution in [3.8, 4) is 0 Å². The van der Waals surface area contributed by atoms with Gasteiger partial charge in [-0.3, -0.25) is 0 Å². The smallest absolute Gasteiger partial charge is 0.320 e. The van der Waals surface area contributed by atoms with Crippen LogP contribution in [0.4, 0.5) is 4.79 Å². The second-order valence-corrected chi connectivity index (χ2v) is 2.91. The number of amides is 2. The molecule has 1 N–H and O–H groups in total. The minimum Gasteiger partial charge on any atom is -0.395 e. The normalized spacial score (nSPS) is 9.64. The van der Waals surface area contributed by atoms with E-state index in [-0.39, 0.29) is 12.6 Å². The molecule has 4 heteroatoms. The van der Waals surface area contributed by atoms with Crippen LogP contribution in [0.25, 0.3) is 0 Å². The van der Waals surface area contributed by atoms with Gasteiger partial charge < -0.3 is 14.9 Å². The molecule has 0 atom stereocenters. The van der Waals surface area contributed by atoms with Crippen LogP contribution in [0, 0.1) is 0 Å². The third kappa shape index (κ3) is 3.79. The van der Waals surface area contributed by atoms with Crippen molar-refractivity contribution in [1.82, 2.24) is 9.80 Å². The third-order valence-electron chi connectivity index (χ3n) is 2.02. The second-order valence-electron chi connectivity index (χ2n) is 2.91. The molecular weight excluding hydrogens is 180 g/mol. The summed E-state index contributed by atoms with van der Waals surface area (Å²) in [5, 5.41) is 8.79. The van der Waals surface area contributed by atoms with Gasteiger partial charge in [0.25, 0.3) is 0 Å².